The molecule has 0 saturated heterocycles. The van der Waals surface area contributed by atoms with Crippen LogP contribution in [-0.4, -0.2) is 49.7 Å². The van der Waals surface area contributed by atoms with Gasteiger partial charge in [-0.05, 0) is 53.2 Å². The summed E-state index contributed by atoms with van der Waals surface area (Å²) in [6, 6.07) is 0. The molecule has 1 N–H and O–H groups in total. The Hall–Kier alpha value is -1.26. The third kappa shape index (κ3) is 2.91. The molecule has 0 radical (unpaired) electrons. The molecule has 0 saturated carbocycles. The first-order valence-electron chi connectivity index (χ1n) is 7.42. The first kappa shape index (κ1) is 15.1. The van der Waals surface area contributed by atoms with Crippen LogP contribution >= 0.6 is 0 Å². The van der Waals surface area contributed by atoms with E-state index in [0.717, 1.165) is 43.7 Å². The first-order chi connectivity index (χ1) is 9.56. The van der Waals surface area contributed by atoms with Crippen LogP contribution in [0.25, 0.3) is 0 Å². The summed E-state index contributed by atoms with van der Waals surface area (Å²) < 4.78 is 0. The van der Waals surface area contributed by atoms with Gasteiger partial charge in [0.1, 0.15) is 0 Å². The lowest BCUT2D eigenvalue weighted by Gasteiger charge is -2.19. The quantitative estimate of drug-likeness (QED) is 0.624. The molecule has 0 unspecified atom stereocenters. The van der Waals surface area contributed by atoms with Gasteiger partial charge >= 0.3 is 0 Å². The predicted molar refractivity (Wildman–Crippen MR) is 79.6 cm³/mol. The monoisotopic (exact) mass is 276 g/mol. The van der Waals surface area contributed by atoms with Crippen LogP contribution in [0, 0.1) is 0 Å². The molecule has 1 heterocycles. The van der Waals surface area contributed by atoms with Crippen LogP contribution in [0.3, 0.4) is 0 Å². The Morgan fingerprint density at radius 2 is 1.50 bits per heavy atom. The summed E-state index contributed by atoms with van der Waals surface area (Å²) in [5.74, 6) is 0.184. The molecule has 4 heteroatoms. The van der Waals surface area contributed by atoms with Gasteiger partial charge in [-0.15, -0.1) is 0 Å². The molecule has 0 fully saturated rings. The summed E-state index contributed by atoms with van der Waals surface area (Å²) >= 11 is 0. The van der Waals surface area contributed by atoms with Crippen molar-refractivity contribution in [3.8, 4) is 0 Å². The molecule has 0 amide bonds. The van der Waals surface area contributed by atoms with E-state index < -0.39 is 0 Å². The zero-order chi connectivity index (χ0) is 14.7. The van der Waals surface area contributed by atoms with Crippen molar-refractivity contribution < 1.29 is 9.59 Å². The van der Waals surface area contributed by atoms with Gasteiger partial charge in [0, 0.05) is 35.4 Å². The molecule has 110 valence electrons. The van der Waals surface area contributed by atoms with Crippen molar-refractivity contribution in [3.63, 3.8) is 0 Å². The molecule has 1 aliphatic heterocycles. The van der Waals surface area contributed by atoms with Crippen molar-refractivity contribution in [2.45, 2.75) is 33.1 Å². The number of Topliss-reactive ketones (excluding diaryl/α,β-unsaturated/α-hetero) is 2. The highest BCUT2D eigenvalue weighted by molar-refractivity contribution is 6.24. The predicted octanol–water partition coefficient (Wildman–Crippen LogP) is 1.48. The SMILES string of the molecule is CNCCCN1CCC2=C(CC1)C(=O)C(C)=C(C)C2=O. The van der Waals surface area contributed by atoms with Gasteiger partial charge in [0.05, 0.1) is 0 Å². The van der Waals surface area contributed by atoms with Gasteiger partial charge in [-0.25, -0.2) is 0 Å². The van der Waals surface area contributed by atoms with Gasteiger partial charge in [-0.2, -0.15) is 0 Å². The summed E-state index contributed by atoms with van der Waals surface area (Å²) in [5.41, 5.74) is 2.82. The number of rotatable bonds is 4. The van der Waals surface area contributed by atoms with E-state index in [4.69, 9.17) is 0 Å². The van der Waals surface area contributed by atoms with E-state index in [1.165, 1.54) is 0 Å². The lowest BCUT2D eigenvalue weighted by molar-refractivity contribution is -0.116. The van der Waals surface area contributed by atoms with E-state index in [-0.39, 0.29) is 11.6 Å². The molecule has 0 aromatic carbocycles. The van der Waals surface area contributed by atoms with E-state index in [1.54, 1.807) is 13.8 Å². The highest BCUT2D eigenvalue weighted by Crippen LogP contribution is 2.30. The number of carbonyl (C=O) groups excluding carboxylic acids is 2. The van der Waals surface area contributed by atoms with Crippen LogP contribution in [0.15, 0.2) is 22.3 Å². The second-order valence-corrected chi connectivity index (χ2v) is 5.66. The molecule has 4 nitrogen and oxygen atoms in total. The molecular weight excluding hydrogens is 252 g/mol. The highest BCUT2D eigenvalue weighted by Gasteiger charge is 2.31. The third-order valence-electron chi connectivity index (χ3n) is 4.41. The Kier molecular flexibility index (Phi) is 4.89. The van der Waals surface area contributed by atoms with Crippen molar-refractivity contribution in [2.24, 2.45) is 0 Å². The Balaban J connectivity index is 2.07. The maximum absolute atomic E-state index is 12.3. The van der Waals surface area contributed by atoms with Crippen LogP contribution in [0.2, 0.25) is 0 Å². The maximum Gasteiger partial charge on any atom is 0.185 e. The molecule has 20 heavy (non-hydrogen) atoms. The lowest BCUT2D eigenvalue weighted by Crippen LogP contribution is -2.28. The average Bonchev–Trinajstić information content (AvgIpc) is 2.66. The highest BCUT2D eigenvalue weighted by atomic mass is 16.1. The van der Waals surface area contributed by atoms with Gasteiger partial charge in [0.2, 0.25) is 0 Å². The number of nitrogens with one attached hydrogen (secondary N) is 1. The van der Waals surface area contributed by atoms with E-state index in [1.807, 2.05) is 7.05 Å². The number of hydrogen-bond acceptors (Lipinski definition) is 4. The molecule has 0 aromatic rings. The Labute approximate surface area is 120 Å². The van der Waals surface area contributed by atoms with Gasteiger partial charge in [-0.1, -0.05) is 0 Å². The minimum absolute atomic E-state index is 0.0918. The van der Waals surface area contributed by atoms with Crippen molar-refractivity contribution in [1.82, 2.24) is 10.2 Å². The minimum Gasteiger partial charge on any atom is -0.320 e. The molecule has 2 aliphatic rings. The third-order valence-corrected chi connectivity index (χ3v) is 4.41. The number of nitrogens with zero attached hydrogens (tertiary/aromatic N) is 1. The summed E-state index contributed by atoms with van der Waals surface area (Å²) in [6.07, 6.45) is 2.52. The molecule has 0 atom stereocenters. The Bertz CT molecular complexity index is 451. The average molecular weight is 276 g/mol. The van der Waals surface area contributed by atoms with E-state index in [0.29, 0.717) is 24.0 Å². The number of ketones is 2. The van der Waals surface area contributed by atoms with Crippen molar-refractivity contribution in [3.05, 3.63) is 22.3 Å². The van der Waals surface area contributed by atoms with Crippen molar-refractivity contribution in [2.75, 3.05) is 33.2 Å². The normalized spacial score (nSPS) is 21.4. The van der Waals surface area contributed by atoms with Gasteiger partial charge in [0.15, 0.2) is 11.6 Å². The number of carbonyl (C=O) groups is 2. The molecule has 0 spiro atoms. The topological polar surface area (TPSA) is 49.4 Å². The van der Waals surface area contributed by atoms with Gasteiger partial charge in [-0.3, -0.25) is 9.59 Å². The molecule has 1 aliphatic carbocycles. The van der Waals surface area contributed by atoms with Crippen LogP contribution in [0.4, 0.5) is 0 Å². The molecule has 0 bridgehead atoms. The number of hydrogen-bond donors (Lipinski definition) is 1. The van der Waals surface area contributed by atoms with E-state index in [9.17, 15) is 9.59 Å². The molecular formula is C16H24N2O2. The zero-order valence-corrected chi connectivity index (χ0v) is 12.7. The van der Waals surface area contributed by atoms with E-state index >= 15 is 0 Å². The summed E-state index contributed by atoms with van der Waals surface area (Å²) in [6.45, 7) is 7.34. The first-order valence-corrected chi connectivity index (χ1v) is 7.42. The summed E-state index contributed by atoms with van der Waals surface area (Å²) in [5, 5.41) is 3.15. The van der Waals surface area contributed by atoms with Gasteiger partial charge < -0.3 is 10.2 Å². The summed E-state index contributed by atoms with van der Waals surface area (Å²) in [7, 11) is 1.96. The smallest absolute Gasteiger partial charge is 0.185 e. The Morgan fingerprint density at radius 3 is 1.95 bits per heavy atom. The van der Waals surface area contributed by atoms with Gasteiger partial charge in [0.25, 0.3) is 0 Å². The second kappa shape index (κ2) is 6.46. The second-order valence-electron chi connectivity index (χ2n) is 5.66. The largest absolute Gasteiger partial charge is 0.320 e. The minimum atomic E-state index is 0.0918. The van der Waals surface area contributed by atoms with Crippen LogP contribution in [0.1, 0.15) is 33.1 Å². The van der Waals surface area contributed by atoms with Crippen molar-refractivity contribution >= 4 is 11.6 Å². The Morgan fingerprint density at radius 1 is 1.00 bits per heavy atom. The molecule has 0 aromatic heterocycles. The fraction of sp³-hybridized carbons (Fsp3) is 0.625. The standard InChI is InChI=1S/C16H24N2O2/c1-11-12(2)16(20)14-6-10-18(8-4-7-17-3)9-5-13(14)15(11)19/h17H,4-10H2,1-3H3. The number of allylic oxidation sites excluding steroid dienone is 2. The lowest BCUT2D eigenvalue weighted by atomic mass is 9.83. The van der Waals surface area contributed by atoms with Crippen LogP contribution < -0.4 is 5.32 Å². The maximum atomic E-state index is 12.3. The van der Waals surface area contributed by atoms with Crippen molar-refractivity contribution in [1.29, 1.82) is 0 Å². The van der Waals surface area contributed by atoms with E-state index in [2.05, 4.69) is 10.2 Å². The molecule has 2 rings (SSSR count). The zero-order valence-electron chi connectivity index (χ0n) is 12.7. The van der Waals surface area contributed by atoms with Crippen LogP contribution in [0.5, 0.6) is 0 Å². The summed E-state index contributed by atoms with van der Waals surface area (Å²) in [4.78, 5) is 27.0. The fourth-order valence-electron chi connectivity index (χ4n) is 2.95. The fourth-order valence-corrected chi connectivity index (χ4v) is 2.95. The van der Waals surface area contributed by atoms with Crippen LogP contribution in [-0.2, 0) is 9.59 Å².